The first kappa shape index (κ1) is 10.4. The van der Waals surface area contributed by atoms with Crippen LogP contribution in [0.1, 0.15) is 21.9 Å². The van der Waals surface area contributed by atoms with E-state index in [1.165, 1.54) is 12.3 Å². The van der Waals surface area contributed by atoms with Crippen LogP contribution >= 0.6 is 0 Å². The molecule has 0 aromatic carbocycles. The summed E-state index contributed by atoms with van der Waals surface area (Å²) in [5.41, 5.74) is 2.70. The monoisotopic (exact) mass is 217 g/mol. The molecule has 0 fully saturated rings. The van der Waals surface area contributed by atoms with Crippen molar-refractivity contribution in [1.29, 1.82) is 0 Å². The second kappa shape index (κ2) is 3.77. The topological polar surface area (TPSA) is 68.0 Å². The molecule has 0 saturated heterocycles. The first-order chi connectivity index (χ1) is 7.58. The Morgan fingerprint density at radius 3 is 2.56 bits per heavy atom. The Labute approximate surface area is 92.4 Å². The van der Waals surface area contributed by atoms with Gasteiger partial charge in [0.05, 0.1) is 17.6 Å². The number of aromatic nitrogens is 3. The zero-order valence-electron chi connectivity index (χ0n) is 9.01. The summed E-state index contributed by atoms with van der Waals surface area (Å²) in [4.78, 5) is 14.5. The minimum atomic E-state index is -1.03. The molecule has 5 heteroatoms. The molecule has 0 radical (unpaired) electrons. The fraction of sp³-hybridized carbons (Fsp3) is 0.182. The molecule has 0 aliphatic rings. The van der Waals surface area contributed by atoms with Gasteiger partial charge in [0, 0.05) is 5.69 Å². The number of hydrogen-bond donors (Lipinski definition) is 1. The minimum Gasteiger partial charge on any atom is -0.477 e. The Morgan fingerprint density at radius 1 is 1.38 bits per heavy atom. The van der Waals surface area contributed by atoms with Crippen LogP contribution in [-0.2, 0) is 0 Å². The molecule has 2 heterocycles. The molecule has 0 atom stereocenters. The number of rotatable bonds is 2. The molecular formula is C11H11N3O2. The number of hydrogen-bond acceptors (Lipinski definition) is 3. The number of carboxylic acid groups (broad SMARTS) is 1. The van der Waals surface area contributed by atoms with Gasteiger partial charge in [-0.15, -0.1) is 0 Å². The molecule has 16 heavy (non-hydrogen) atoms. The molecule has 0 spiro atoms. The number of aromatic carboxylic acids is 1. The Bertz CT molecular complexity index is 529. The third-order valence-electron chi connectivity index (χ3n) is 2.22. The Hall–Kier alpha value is -2.17. The Balaban J connectivity index is 2.42. The van der Waals surface area contributed by atoms with Gasteiger partial charge >= 0.3 is 5.97 Å². The average Bonchev–Trinajstić information content (AvgIpc) is 2.58. The van der Waals surface area contributed by atoms with Crippen LogP contribution in [0, 0.1) is 13.8 Å². The number of nitrogens with zero attached hydrogens (tertiary/aromatic N) is 3. The van der Waals surface area contributed by atoms with Gasteiger partial charge in [0.2, 0.25) is 0 Å². The summed E-state index contributed by atoms with van der Waals surface area (Å²) in [6, 6.07) is 5.11. The summed E-state index contributed by atoms with van der Waals surface area (Å²) in [7, 11) is 0. The SMILES string of the molecule is Cc1cc(C)n(-c2ccc(C(=O)O)nc2)n1. The van der Waals surface area contributed by atoms with E-state index in [4.69, 9.17) is 5.11 Å². The molecule has 2 aromatic rings. The first-order valence-electron chi connectivity index (χ1n) is 4.81. The largest absolute Gasteiger partial charge is 0.477 e. The lowest BCUT2D eigenvalue weighted by atomic mass is 10.3. The maximum absolute atomic E-state index is 10.6. The molecule has 0 bridgehead atoms. The minimum absolute atomic E-state index is 0.0327. The number of aryl methyl sites for hydroxylation is 2. The van der Waals surface area contributed by atoms with E-state index in [-0.39, 0.29) is 5.69 Å². The van der Waals surface area contributed by atoms with Crippen LogP contribution in [0.3, 0.4) is 0 Å². The average molecular weight is 217 g/mol. The van der Waals surface area contributed by atoms with E-state index in [1.54, 1.807) is 10.7 Å². The van der Waals surface area contributed by atoms with Crippen LogP contribution in [-0.4, -0.2) is 25.8 Å². The number of carbonyl (C=O) groups is 1. The maximum atomic E-state index is 10.6. The standard InChI is InChI=1S/C11H11N3O2/c1-7-5-8(2)14(13-7)9-3-4-10(11(15)16)12-6-9/h3-6H,1-2H3,(H,15,16). The summed E-state index contributed by atoms with van der Waals surface area (Å²) in [5.74, 6) is -1.03. The fourth-order valence-corrected chi connectivity index (χ4v) is 1.53. The highest BCUT2D eigenvalue weighted by atomic mass is 16.4. The predicted molar refractivity (Wildman–Crippen MR) is 57.8 cm³/mol. The van der Waals surface area contributed by atoms with Gasteiger partial charge in [0.1, 0.15) is 5.69 Å². The summed E-state index contributed by atoms with van der Waals surface area (Å²) < 4.78 is 1.73. The highest BCUT2D eigenvalue weighted by Crippen LogP contribution is 2.11. The zero-order chi connectivity index (χ0) is 11.7. The van der Waals surface area contributed by atoms with Crippen LogP contribution in [0.15, 0.2) is 24.4 Å². The van der Waals surface area contributed by atoms with Crippen molar-refractivity contribution in [2.24, 2.45) is 0 Å². The fourth-order valence-electron chi connectivity index (χ4n) is 1.53. The van der Waals surface area contributed by atoms with Crippen molar-refractivity contribution in [3.8, 4) is 5.69 Å². The predicted octanol–water partition coefficient (Wildman–Crippen LogP) is 1.58. The van der Waals surface area contributed by atoms with E-state index >= 15 is 0 Å². The van der Waals surface area contributed by atoms with E-state index in [0.29, 0.717) is 0 Å². The highest BCUT2D eigenvalue weighted by molar-refractivity contribution is 5.85. The molecule has 82 valence electrons. The molecule has 2 rings (SSSR count). The smallest absolute Gasteiger partial charge is 0.354 e. The molecule has 0 aliphatic carbocycles. The molecule has 0 aliphatic heterocycles. The van der Waals surface area contributed by atoms with E-state index in [9.17, 15) is 4.79 Å². The van der Waals surface area contributed by atoms with Gasteiger partial charge in [-0.25, -0.2) is 14.5 Å². The zero-order valence-corrected chi connectivity index (χ0v) is 9.01. The van der Waals surface area contributed by atoms with Crippen molar-refractivity contribution >= 4 is 5.97 Å². The number of carboxylic acids is 1. The van der Waals surface area contributed by atoms with Crippen molar-refractivity contribution < 1.29 is 9.90 Å². The lowest BCUT2D eigenvalue weighted by Crippen LogP contribution is -2.03. The van der Waals surface area contributed by atoms with Crippen LogP contribution < -0.4 is 0 Å². The Kier molecular flexibility index (Phi) is 2.44. The van der Waals surface area contributed by atoms with Gasteiger partial charge in [-0.2, -0.15) is 5.10 Å². The van der Waals surface area contributed by atoms with Gasteiger partial charge in [-0.3, -0.25) is 0 Å². The van der Waals surface area contributed by atoms with Gasteiger partial charge in [-0.05, 0) is 32.0 Å². The van der Waals surface area contributed by atoms with Crippen molar-refractivity contribution in [2.75, 3.05) is 0 Å². The first-order valence-corrected chi connectivity index (χ1v) is 4.81. The van der Waals surface area contributed by atoms with Crippen molar-refractivity contribution in [3.63, 3.8) is 0 Å². The molecule has 5 nitrogen and oxygen atoms in total. The van der Waals surface area contributed by atoms with E-state index in [2.05, 4.69) is 10.1 Å². The maximum Gasteiger partial charge on any atom is 0.354 e. The van der Waals surface area contributed by atoms with E-state index in [1.807, 2.05) is 19.9 Å². The van der Waals surface area contributed by atoms with Gasteiger partial charge < -0.3 is 5.11 Å². The highest BCUT2D eigenvalue weighted by Gasteiger charge is 2.07. The van der Waals surface area contributed by atoms with Crippen molar-refractivity contribution in [3.05, 3.63) is 41.5 Å². The van der Waals surface area contributed by atoms with E-state index in [0.717, 1.165) is 17.1 Å². The molecule has 1 N–H and O–H groups in total. The quantitative estimate of drug-likeness (QED) is 0.829. The Morgan fingerprint density at radius 2 is 2.12 bits per heavy atom. The molecule has 0 saturated carbocycles. The normalized spacial score (nSPS) is 10.4. The summed E-state index contributed by atoms with van der Waals surface area (Å²) >= 11 is 0. The van der Waals surface area contributed by atoms with Crippen LogP contribution in [0.25, 0.3) is 5.69 Å². The second-order valence-corrected chi connectivity index (χ2v) is 3.55. The van der Waals surface area contributed by atoms with Crippen LogP contribution in [0.2, 0.25) is 0 Å². The van der Waals surface area contributed by atoms with Crippen molar-refractivity contribution in [1.82, 2.24) is 14.8 Å². The summed E-state index contributed by atoms with van der Waals surface area (Å²) in [6.07, 6.45) is 1.50. The third-order valence-corrected chi connectivity index (χ3v) is 2.22. The van der Waals surface area contributed by atoms with E-state index < -0.39 is 5.97 Å². The van der Waals surface area contributed by atoms with Gasteiger partial charge in [-0.1, -0.05) is 0 Å². The third kappa shape index (κ3) is 1.79. The lowest BCUT2D eigenvalue weighted by Gasteiger charge is -2.03. The summed E-state index contributed by atoms with van der Waals surface area (Å²) in [5, 5.41) is 13.0. The van der Waals surface area contributed by atoms with Gasteiger partial charge in [0.25, 0.3) is 0 Å². The molecule has 2 aromatic heterocycles. The number of pyridine rings is 1. The second-order valence-electron chi connectivity index (χ2n) is 3.55. The summed E-state index contributed by atoms with van der Waals surface area (Å²) in [6.45, 7) is 3.84. The molecular weight excluding hydrogens is 206 g/mol. The lowest BCUT2D eigenvalue weighted by molar-refractivity contribution is 0.0690. The molecule has 0 amide bonds. The van der Waals surface area contributed by atoms with Crippen LogP contribution in [0.4, 0.5) is 0 Å². The van der Waals surface area contributed by atoms with Crippen molar-refractivity contribution in [2.45, 2.75) is 13.8 Å². The molecule has 0 unspecified atom stereocenters. The van der Waals surface area contributed by atoms with Crippen LogP contribution in [0.5, 0.6) is 0 Å². The van der Waals surface area contributed by atoms with Gasteiger partial charge in [0.15, 0.2) is 0 Å².